The van der Waals surface area contributed by atoms with Gasteiger partial charge in [-0.1, -0.05) is 0 Å². The van der Waals surface area contributed by atoms with Crippen molar-refractivity contribution in [3.8, 4) is 5.75 Å². The fraction of sp³-hybridized carbons (Fsp3) is 0.231. The number of rotatable bonds is 4. The fourth-order valence-electron chi connectivity index (χ4n) is 1.92. The van der Waals surface area contributed by atoms with Gasteiger partial charge in [0.15, 0.2) is 0 Å². The minimum absolute atomic E-state index is 0.0862. The number of carbonyl (C=O) groups is 1. The molecule has 0 aliphatic heterocycles. The van der Waals surface area contributed by atoms with E-state index in [1.807, 2.05) is 0 Å². The third-order valence-electron chi connectivity index (χ3n) is 2.89. The number of hydrogen-bond acceptors (Lipinski definition) is 4. The molecule has 0 spiro atoms. The van der Waals surface area contributed by atoms with E-state index < -0.39 is 12.0 Å². The van der Waals surface area contributed by atoms with Gasteiger partial charge in [-0.15, -0.1) is 0 Å². The first kappa shape index (κ1) is 13.1. The minimum atomic E-state index is -1.10. The number of methoxy groups -OCH3 is 1. The maximum atomic E-state index is 11.5. The topological polar surface area (TPSA) is 105 Å². The molecule has 1 atom stereocenters. The molecule has 0 aliphatic rings. The highest BCUT2D eigenvalue weighted by Gasteiger charge is 2.15. The zero-order valence-corrected chi connectivity index (χ0v) is 10.3. The van der Waals surface area contributed by atoms with Crippen LogP contribution in [-0.2, 0) is 11.2 Å². The number of benzene rings is 1. The lowest BCUT2D eigenvalue weighted by Crippen LogP contribution is -2.32. The summed E-state index contributed by atoms with van der Waals surface area (Å²) in [6.07, 6.45) is 0.0862. The summed E-state index contributed by atoms with van der Waals surface area (Å²) in [5.41, 5.74) is 6.45. The number of carboxylic acids is 1. The molecule has 1 aromatic carbocycles. The molecule has 0 bridgehead atoms. The van der Waals surface area contributed by atoms with Gasteiger partial charge in [0.2, 0.25) is 5.56 Å². The number of aliphatic carboxylic acids is 1. The Morgan fingerprint density at radius 1 is 1.47 bits per heavy atom. The van der Waals surface area contributed by atoms with Crippen molar-refractivity contribution < 1.29 is 14.6 Å². The van der Waals surface area contributed by atoms with Gasteiger partial charge >= 0.3 is 5.97 Å². The van der Waals surface area contributed by atoms with Crippen molar-refractivity contribution in [3.05, 3.63) is 40.2 Å². The molecule has 2 rings (SSSR count). The number of pyridine rings is 1. The van der Waals surface area contributed by atoms with Crippen molar-refractivity contribution >= 4 is 16.9 Å². The Balaban J connectivity index is 2.57. The third-order valence-corrected chi connectivity index (χ3v) is 2.89. The molecule has 6 heteroatoms. The number of ether oxygens (including phenoxy) is 1. The summed E-state index contributed by atoms with van der Waals surface area (Å²) in [7, 11) is 1.54. The van der Waals surface area contributed by atoms with E-state index >= 15 is 0 Å². The van der Waals surface area contributed by atoms with Crippen molar-refractivity contribution in [2.24, 2.45) is 5.73 Å². The van der Waals surface area contributed by atoms with Gasteiger partial charge in [0, 0.05) is 17.0 Å². The van der Waals surface area contributed by atoms with Crippen molar-refractivity contribution in [2.75, 3.05) is 7.11 Å². The molecule has 1 unspecified atom stereocenters. The first-order chi connectivity index (χ1) is 9.01. The van der Waals surface area contributed by atoms with Crippen LogP contribution in [0.25, 0.3) is 10.9 Å². The molecule has 0 radical (unpaired) electrons. The fourth-order valence-corrected chi connectivity index (χ4v) is 1.92. The van der Waals surface area contributed by atoms with Crippen LogP contribution in [0, 0.1) is 0 Å². The molecule has 4 N–H and O–H groups in total. The van der Waals surface area contributed by atoms with E-state index in [1.54, 1.807) is 18.2 Å². The van der Waals surface area contributed by atoms with Gasteiger partial charge < -0.3 is 20.6 Å². The molecular formula is C13H14N2O4. The molecule has 0 amide bonds. The van der Waals surface area contributed by atoms with E-state index in [0.717, 1.165) is 5.39 Å². The van der Waals surface area contributed by atoms with Crippen molar-refractivity contribution in [2.45, 2.75) is 12.5 Å². The zero-order chi connectivity index (χ0) is 14.0. The Hall–Kier alpha value is -2.34. The number of aromatic amines is 1. The largest absolute Gasteiger partial charge is 0.497 e. The number of aromatic nitrogens is 1. The van der Waals surface area contributed by atoms with E-state index in [1.165, 1.54) is 13.2 Å². The molecule has 0 aliphatic carbocycles. The quantitative estimate of drug-likeness (QED) is 0.743. The summed E-state index contributed by atoms with van der Waals surface area (Å²) in [6, 6.07) is 5.50. The molecule has 100 valence electrons. The van der Waals surface area contributed by atoms with Gasteiger partial charge in [0.1, 0.15) is 11.8 Å². The van der Waals surface area contributed by atoms with Crippen LogP contribution in [0.2, 0.25) is 0 Å². The predicted molar refractivity (Wildman–Crippen MR) is 70.4 cm³/mol. The Bertz CT molecular complexity index is 678. The molecule has 19 heavy (non-hydrogen) atoms. The van der Waals surface area contributed by atoms with Crippen molar-refractivity contribution in [1.29, 1.82) is 0 Å². The smallest absolute Gasteiger partial charge is 0.320 e. The van der Waals surface area contributed by atoms with E-state index in [0.29, 0.717) is 16.8 Å². The SMILES string of the molecule is COc1ccc2[nH]c(=O)cc(CC(N)C(=O)O)c2c1. The van der Waals surface area contributed by atoms with Crippen LogP contribution >= 0.6 is 0 Å². The van der Waals surface area contributed by atoms with Gasteiger partial charge in [0.25, 0.3) is 0 Å². The summed E-state index contributed by atoms with van der Waals surface area (Å²) in [6.45, 7) is 0. The molecular weight excluding hydrogens is 248 g/mol. The lowest BCUT2D eigenvalue weighted by molar-refractivity contribution is -0.138. The predicted octanol–water partition coefficient (Wildman–Crippen LogP) is 0.491. The summed E-state index contributed by atoms with van der Waals surface area (Å²) in [5.74, 6) is -0.471. The number of nitrogens with two attached hydrogens (primary N) is 1. The van der Waals surface area contributed by atoms with Gasteiger partial charge in [-0.3, -0.25) is 9.59 Å². The van der Waals surface area contributed by atoms with E-state index in [2.05, 4.69) is 4.98 Å². The monoisotopic (exact) mass is 262 g/mol. The van der Waals surface area contributed by atoms with Crippen LogP contribution in [0.15, 0.2) is 29.1 Å². The van der Waals surface area contributed by atoms with Crippen LogP contribution in [0.4, 0.5) is 0 Å². The van der Waals surface area contributed by atoms with E-state index in [-0.39, 0.29) is 12.0 Å². The molecule has 0 saturated carbocycles. The van der Waals surface area contributed by atoms with Crippen LogP contribution in [-0.4, -0.2) is 29.2 Å². The Kier molecular flexibility index (Phi) is 3.52. The first-order valence-corrected chi connectivity index (χ1v) is 5.69. The van der Waals surface area contributed by atoms with Gasteiger partial charge in [-0.05, 0) is 30.2 Å². The van der Waals surface area contributed by atoms with Gasteiger partial charge in [-0.2, -0.15) is 0 Å². The second-order valence-corrected chi connectivity index (χ2v) is 4.22. The van der Waals surface area contributed by atoms with Crippen LogP contribution < -0.4 is 16.0 Å². The van der Waals surface area contributed by atoms with Gasteiger partial charge in [-0.25, -0.2) is 0 Å². The summed E-state index contributed by atoms with van der Waals surface area (Å²) < 4.78 is 5.12. The second kappa shape index (κ2) is 5.11. The van der Waals surface area contributed by atoms with E-state index in [9.17, 15) is 9.59 Å². The summed E-state index contributed by atoms with van der Waals surface area (Å²) in [5, 5.41) is 9.58. The van der Waals surface area contributed by atoms with E-state index in [4.69, 9.17) is 15.6 Å². The highest BCUT2D eigenvalue weighted by atomic mass is 16.5. The number of carboxylic acid groups (broad SMARTS) is 1. The standard InChI is InChI=1S/C13H14N2O4/c1-19-8-2-3-11-9(6-8)7(5-12(16)15-11)4-10(14)13(17)18/h2-3,5-6,10H,4,14H2,1H3,(H,15,16)(H,17,18). The zero-order valence-electron chi connectivity index (χ0n) is 10.3. The average Bonchev–Trinajstić information content (AvgIpc) is 2.38. The normalized spacial score (nSPS) is 12.3. The minimum Gasteiger partial charge on any atom is -0.497 e. The van der Waals surface area contributed by atoms with Crippen LogP contribution in [0.3, 0.4) is 0 Å². The Labute approximate surface area is 108 Å². The highest BCUT2D eigenvalue weighted by Crippen LogP contribution is 2.22. The summed E-state index contributed by atoms with van der Waals surface area (Å²) in [4.78, 5) is 25.0. The lowest BCUT2D eigenvalue weighted by Gasteiger charge is -2.10. The molecule has 2 aromatic rings. The average molecular weight is 262 g/mol. The number of nitrogens with one attached hydrogen (secondary N) is 1. The number of H-pyrrole nitrogens is 1. The molecule has 0 fully saturated rings. The molecule has 0 saturated heterocycles. The lowest BCUT2D eigenvalue weighted by atomic mass is 10.0. The van der Waals surface area contributed by atoms with Crippen molar-refractivity contribution in [3.63, 3.8) is 0 Å². The third kappa shape index (κ3) is 2.74. The van der Waals surface area contributed by atoms with Crippen LogP contribution in [0.5, 0.6) is 5.75 Å². The first-order valence-electron chi connectivity index (χ1n) is 5.69. The number of fused-ring (bicyclic) bond motifs is 1. The van der Waals surface area contributed by atoms with Crippen LogP contribution in [0.1, 0.15) is 5.56 Å². The molecule has 1 heterocycles. The summed E-state index contributed by atoms with van der Waals surface area (Å²) >= 11 is 0. The van der Waals surface area contributed by atoms with Crippen molar-refractivity contribution in [1.82, 2.24) is 4.98 Å². The Morgan fingerprint density at radius 2 is 2.21 bits per heavy atom. The van der Waals surface area contributed by atoms with Gasteiger partial charge in [0.05, 0.1) is 7.11 Å². The Morgan fingerprint density at radius 3 is 2.84 bits per heavy atom. The maximum absolute atomic E-state index is 11.5. The molecule has 1 aromatic heterocycles. The maximum Gasteiger partial charge on any atom is 0.320 e. The second-order valence-electron chi connectivity index (χ2n) is 4.22. The number of hydrogen-bond donors (Lipinski definition) is 3. The highest BCUT2D eigenvalue weighted by molar-refractivity contribution is 5.84. The molecule has 6 nitrogen and oxygen atoms in total.